The molecule has 1 heterocycles. The number of amides is 2. The zero-order valence-electron chi connectivity index (χ0n) is 15.6. The lowest BCUT2D eigenvalue weighted by Gasteiger charge is -2.28. The number of nitrogens with one attached hydrogen (secondary N) is 2. The maximum absolute atomic E-state index is 13.0. The van der Waals surface area contributed by atoms with Gasteiger partial charge in [-0.2, -0.15) is 11.8 Å². The van der Waals surface area contributed by atoms with Crippen molar-refractivity contribution >= 4 is 35.2 Å². The number of rotatable bonds is 7. The minimum atomic E-state index is -0.633. The van der Waals surface area contributed by atoms with Crippen molar-refractivity contribution in [3.63, 3.8) is 0 Å². The highest BCUT2D eigenvalue weighted by Gasteiger charge is 2.27. The van der Waals surface area contributed by atoms with Gasteiger partial charge in [0.05, 0.1) is 23.2 Å². The predicted molar refractivity (Wildman–Crippen MR) is 113 cm³/mol. The first kappa shape index (κ1) is 20.6. The van der Waals surface area contributed by atoms with Crippen LogP contribution in [0.25, 0.3) is 0 Å². The zero-order chi connectivity index (χ0) is 19.9. The molecule has 1 aliphatic rings. The molecule has 2 aromatic carbocycles. The SMILES string of the molecule is CSCC[C@H](NC(=O)c1ccccc1Cl)C(=O)N[C@@H]1CCOc2ccccc21. The van der Waals surface area contributed by atoms with E-state index in [9.17, 15) is 9.59 Å². The van der Waals surface area contributed by atoms with Crippen molar-refractivity contribution in [2.45, 2.75) is 24.9 Å². The Kier molecular flexibility index (Phi) is 7.23. The van der Waals surface area contributed by atoms with Crippen LogP contribution >= 0.6 is 23.4 Å². The molecule has 0 fully saturated rings. The molecule has 2 amide bonds. The van der Waals surface area contributed by atoms with E-state index in [2.05, 4.69) is 10.6 Å². The van der Waals surface area contributed by atoms with Crippen molar-refractivity contribution in [1.29, 1.82) is 0 Å². The first-order chi connectivity index (χ1) is 13.6. The highest BCUT2D eigenvalue weighted by molar-refractivity contribution is 7.98. The summed E-state index contributed by atoms with van der Waals surface area (Å²) in [5.74, 6) is 1.00. The predicted octanol–water partition coefficient (Wildman–Crippen LogP) is 3.83. The molecule has 2 aromatic rings. The third-order valence-corrected chi connectivity index (χ3v) is 5.60. The summed E-state index contributed by atoms with van der Waals surface area (Å²) in [6, 6.07) is 13.7. The molecule has 0 unspecified atom stereocenters. The summed E-state index contributed by atoms with van der Waals surface area (Å²) in [6.45, 7) is 0.545. The van der Waals surface area contributed by atoms with Gasteiger partial charge in [0.25, 0.3) is 5.91 Å². The van der Waals surface area contributed by atoms with E-state index < -0.39 is 6.04 Å². The number of carbonyl (C=O) groups is 2. The van der Waals surface area contributed by atoms with Crippen molar-refractivity contribution in [3.05, 3.63) is 64.7 Å². The minimum Gasteiger partial charge on any atom is -0.493 e. The van der Waals surface area contributed by atoms with Crippen molar-refractivity contribution in [3.8, 4) is 5.75 Å². The fourth-order valence-corrected chi connectivity index (χ4v) is 3.84. The molecular formula is C21H23ClN2O3S. The summed E-state index contributed by atoms with van der Waals surface area (Å²) >= 11 is 7.75. The maximum Gasteiger partial charge on any atom is 0.253 e. The smallest absolute Gasteiger partial charge is 0.253 e. The molecule has 0 aliphatic carbocycles. The van der Waals surface area contributed by atoms with Gasteiger partial charge in [0.2, 0.25) is 5.91 Å². The van der Waals surface area contributed by atoms with Gasteiger partial charge in [0, 0.05) is 12.0 Å². The number of hydrogen-bond donors (Lipinski definition) is 2. The summed E-state index contributed by atoms with van der Waals surface area (Å²) in [6.07, 6.45) is 3.20. The molecule has 0 saturated carbocycles. The molecule has 1 aliphatic heterocycles. The topological polar surface area (TPSA) is 67.4 Å². The lowest BCUT2D eigenvalue weighted by Crippen LogP contribution is -2.48. The summed E-state index contributed by atoms with van der Waals surface area (Å²) in [5, 5.41) is 6.29. The molecular weight excluding hydrogens is 396 g/mol. The Morgan fingerprint density at radius 3 is 2.75 bits per heavy atom. The third kappa shape index (κ3) is 5.00. The van der Waals surface area contributed by atoms with E-state index in [0.29, 0.717) is 30.0 Å². The Hall–Kier alpha value is -2.18. The van der Waals surface area contributed by atoms with Crippen LogP contribution in [0.4, 0.5) is 0 Å². The summed E-state index contributed by atoms with van der Waals surface area (Å²) < 4.78 is 5.66. The first-order valence-electron chi connectivity index (χ1n) is 9.16. The van der Waals surface area contributed by atoms with Crippen molar-refractivity contribution in [2.75, 3.05) is 18.6 Å². The molecule has 0 saturated heterocycles. The van der Waals surface area contributed by atoms with Gasteiger partial charge in [-0.15, -0.1) is 0 Å². The van der Waals surface area contributed by atoms with E-state index >= 15 is 0 Å². The number of fused-ring (bicyclic) bond motifs is 1. The molecule has 148 valence electrons. The summed E-state index contributed by atoms with van der Waals surface area (Å²) in [5.41, 5.74) is 1.32. The second-order valence-corrected chi connectivity index (χ2v) is 7.92. The number of carbonyl (C=O) groups excluding carboxylic acids is 2. The lowest BCUT2D eigenvalue weighted by molar-refractivity contribution is -0.124. The van der Waals surface area contributed by atoms with Gasteiger partial charge in [-0.1, -0.05) is 41.9 Å². The number of hydrogen-bond acceptors (Lipinski definition) is 4. The average molecular weight is 419 g/mol. The molecule has 2 N–H and O–H groups in total. The van der Waals surface area contributed by atoms with Crippen molar-refractivity contribution in [2.24, 2.45) is 0 Å². The van der Waals surface area contributed by atoms with E-state index in [1.807, 2.05) is 30.5 Å². The highest BCUT2D eigenvalue weighted by atomic mass is 35.5. The second kappa shape index (κ2) is 9.85. The Labute approximate surface area is 174 Å². The molecule has 2 atom stereocenters. The fraction of sp³-hybridized carbons (Fsp3) is 0.333. The van der Waals surface area contributed by atoms with Crippen LogP contribution in [0.1, 0.15) is 34.8 Å². The standard InChI is InChI=1S/C21H23ClN2O3S/c1-28-13-11-18(24-20(25)14-6-2-4-8-16(14)22)21(26)23-17-10-12-27-19-9-5-3-7-15(17)19/h2-9,17-18H,10-13H2,1H3,(H,23,26)(H,24,25)/t17-,18+/m1/s1. The van der Waals surface area contributed by atoms with E-state index in [-0.39, 0.29) is 17.9 Å². The minimum absolute atomic E-state index is 0.133. The van der Waals surface area contributed by atoms with Crippen LogP contribution in [-0.2, 0) is 4.79 Å². The summed E-state index contributed by atoms with van der Waals surface area (Å²) in [7, 11) is 0. The number of ether oxygens (including phenoxy) is 1. The van der Waals surface area contributed by atoms with Gasteiger partial charge < -0.3 is 15.4 Å². The van der Waals surface area contributed by atoms with Crippen molar-refractivity contribution < 1.29 is 14.3 Å². The number of halogens is 1. The van der Waals surface area contributed by atoms with E-state index in [1.165, 1.54) is 0 Å². The van der Waals surface area contributed by atoms with Crippen LogP contribution in [0.5, 0.6) is 5.75 Å². The van der Waals surface area contributed by atoms with Gasteiger partial charge in [-0.05, 0) is 36.6 Å². The van der Waals surface area contributed by atoms with Gasteiger partial charge in [-0.25, -0.2) is 0 Å². The Morgan fingerprint density at radius 1 is 1.21 bits per heavy atom. The second-order valence-electron chi connectivity index (χ2n) is 6.52. The molecule has 3 rings (SSSR count). The summed E-state index contributed by atoms with van der Waals surface area (Å²) in [4.78, 5) is 25.6. The molecule has 0 bridgehead atoms. The van der Waals surface area contributed by atoms with Gasteiger partial charge in [0.1, 0.15) is 11.8 Å². The molecule has 5 nitrogen and oxygen atoms in total. The zero-order valence-corrected chi connectivity index (χ0v) is 17.2. The number of benzene rings is 2. The fourth-order valence-electron chi connectivity index (χ4n) is 3.15. The average Bonchev–Trinajstić information content (AvgIpc) is 2.71. The van der Waals surface area contributed by atoms with Crippen LogP contribution in [0.15, 0.2) is 48.5 Å². The van der Waals surface area contributed by atoms with Crippen LogP contribution in [0.3, 0.4) is 0 Å². The molecule has 7 heteroatoms. The molecule has 0 radical (unpaired) electrons. The van der Waals surface area contributed by atoms with Crippen LogP contribution < -0.4 is 15.4 Å². The van der Waals surface area contributed by atoms with Crippen molar-refractivity contribution in [1.82, 2.24) is 10.6 Å². The molecule has 0 spiro atoms. The number of para-hydroxylation sites is 1. The van der Waals surface area contributed by atoms with E-state index in [1.54, 1.807) is 36.0 Å². The monoisotopic (exact) mass is 418 g/mol. The Bertz CT molecular complexity index is 846. The van der Waals surface area contributed by atoms with Crippen LogP contribution in [-0.4, -0.2) is 36.5 Å². The maximum atomic E-state index is 13.0. The molecule has 28 heavy (non-hydrogen) atoms. The van der Waals surface area contributed by atoms with Crippen LogP contribution in [0.2, 0.25) is 5.02 Å². The quantitative estimate of drug-likeness (QED) is 0.717. The van der Waals surface area contributed by atoms with Crippen LogP contribution in [0, 0.1) is 0 Å². The number of thioether (sulfide) groups is 1. The van der Waals surface area contributed by atoms with Gasteiger partial charge >= 0.3 is 0 Å². The largest absolute Gasteiger partial charge is 0.493 e. The highest BCUT2D eigenvalue weighted by Crippen LogP contribution is 2.31. The Morgan fingerprint density at radius 2 is 1.96 bits per heavy atom. The first-order valence-corrected chi connectivity index (χ1v) is 10.9. The molecule has 0 aromatic heterocycles. The Balaban J connectivity index is 1.72. The van der Waals surface area contributed by atoms with E-state index in [4.69, 9.17) is 16.3 Å². The van der Waals surface area contributed by atoms with E-state index in [0.717, 1.165) is 17.1 Å². The van der Waals surface area contributed by atoms with Gasteiger partial charge in [0.15, 0.2) is 0 Å². The van der Waals surface area contributed by atoms with Gasteiger partial charge in [-0.3, -0.25) is 9.59 Å². The lowest BCUT2D eigenvalue weighted by atomic mass is 10.00. The third-order valence-electron chi connectivity index (χ3n) is 4.63. The normalized spacial score (nSPS) is 16.4.